The molecule has 0 spiro atoms. The van der Waals surface area contributed by atoms with E-state index in [1.165, 1.54) is 11.1 Å². The molecule has 0 saturated carbocycles. The number of carbonyl (C=O) groups excluding carboxylic acids is 1. The van der Waals surface area contributed by atoms with Crippen molar-refractivity contribution in [2.45, 2.75) is 32.2 Å². The first-order valence-electron chi connectivity index (χ1n) is 10.5. The van der Waals surface area contributed by atoms with E-state index in [1.807, 2.05) is 41.3 Å². The molecular formula is C26H26ClNO3. The molecule has 0 radical (unpaired) electrons. The highest BCUT2D eigenvalue weighted by Crippen LogP contribution is 2.36. The third-order valence-electron chi connectivity index (χ3n) is 5.67. The van der Waals surface area contributed by atoms with Crippen molar-refractivity contribution >= 4 is 17.5 Å². The van der Waals surface area contributed by atoms with Crippen LogP contribution in [0.5, 0.6) is 11.5 Å². The van der Waals surface area contributed by atoms with Crippen molar-refractivity contribution in [3.05, 3.63) is 94.5 Å². The fourth-order valence-corrected chi connectivity index (χ4v) is 4.05. The molecule has 5 heteroatoms. The average Bonchev–Trinajstić information content (AvgIpc) is 3.25. The van der Waals surface area contributed by atoms with Crippen molar-refractivity contribution in [1.82, 2.24) is 4.90 Å². The molecule has 1 aliphatic rings. The number of carbonyl (C=O) groups is 1. The van der Waals surface area contributed by atoms with Crippen LogP contribution in [-0.2, 0) is 17.8 Å². The molecule has 31 heavy (non-hydrogen) atoms. The van der Waals surface area contributed by atoms with Crippen LogP contribution in [0.2, 0.25) is 5.02 Å². The lowest BCUT2D eigenvalue weighted by atomic mass is 9.88. The van der Waals surface area contributed by atoms with Crippen molar-refractivity contribution < 1.29 is 14.3 Å². The third kappa shape index (κ3) is 5.59. The van der Waals surface area contributed by atoms with E-state index in [0.29, 0.717) is 18.1 Å². The van der Waals surface area contributed by atoms with Gasteiger partial charge in [-0.3, -0.25) is 4.79 Å². The number of ether oxygens (including phenoxy) is 2. The number of hydrogen-bond donors (Lipinski definition) is 0. The van der Waals surface area contributed by atoms with Crippen LogP contribution in [0.1, 0.15) is 36.0 Å². The van der Waals surface area contributed by atoms with Gasteiger partial charge in [-0.25, -0.2) is 0 Å². The molecule has 0 bridgehead atoms. The van der Waals surface area contributed by atoms with E-state index in [0.717, 1.165) is 29.9 Å². The number of rotatable bonds is 8. The molecule has 1 heterocycles. The molecule has 0 unspecified atom stereocenters. The second-order valence-corrected chi connectivity index (χ2v) is 8.29. The summed E-state index contributed by atoms with van der Waals surface area (Å²) in [7, 11) is 0. The van der Waals surface area contributed by atoms with Gasteiger partial charge in [-0.05, 0) is 59.7 Å². The Morgan fingerprint density at radius 3 is 2.45 bits per heavy atom. The zero-order chi connectivity index (χ0) is 21.6. The Hall–Kier alpha value is -2.98. The molecule has 3 aromatic carbocycles. The number of nitrogens with zero attached hydrogens (tertiary/aromatic N) is 1. The highest BCUT2D eigenvalue weighted by molar-refractivity contribution is 6.30. The number of fused-ring (bicyclic) bond motifs is 1. The maximum absolute atomic E-state index is 12.3. The number of amides is 1. The van der Waals surface area contributed by atoms with Crippen LogP contribution in [0.25, 0.3) is 0 Å². The Labute approximate surface area is 188 Å². The van der Waals surface area contributed by atoms with Crippen LogP contribution in [0.4, 0.5) is 0 Å². The molecule has 0 N–H and O–H groups in total. The van der Waals surface area contributed by atoms with Gasteiger partial charge in [0.2, 0.25) is 12.7 Å². The van der Waals surface area contributed by atoms with Gasteiger partial charge in [0.05, 0.1) is 0 Å². The number of hydrogen-bond acceptors (Lipinski definition) is 3. The Bertz CT molecular complexity index is 1020. The maximum atomic E-state index is 12.3. The zero-order valence-electron chi connectivity index (χ0n) is 17.6. The van der Waals surface area contributed by atoms with Crippen molar-refractivity contribution in [1.29, 1.82) is 0 Å². The maximum Gasteiger partial charge on any atom is 0.231 e. The number of halogens is 1. The first-order chi connectivity index (χ1) is 15.1. The zero-order valence-corrected chi connectivity index (χ0v) is 18.3. The van der Waals surface area contributed by atoms with Crippen molar-refractivity contribution in [2.75, 3.05) is 13.3 Å². The Morgan fingerprint density at radius 2 is 1.71 bits per heavy atom. The fraction of sp³-hybridized carbons (Fsp3) is 0.269. The van der Waals surface area contributed by atoms with Crippen LogP contribution in [-0.4, -0.2) is 24.1 Å². The van der Waals surface area contributed by atoms with E-state index in [1.54, 1.807) is 6.92 Å². The van der Waals surface area contributed by atoms with Gasteiger partial charge in [-0.1, -0.05) is 60.1 Å². The van der Waals surface area contributed by atoms with Gasteiger partial charge >= 0.3 is 0 Å². The smallest absolute Gasteiger partial charge is 0.231 e. The highest BCUT2D eigenvalue weighted by atomic mass is 35.5. The molecule has 4 nitrogen and oxygen atoms in total. The molecule has 0 aromatic heterocycles. The minimum atomic E-state index is 0.0686. The molecule has 1 amide bonds. The summed E-state index contributed by atoms with van der Waals surface area (Å²) in [5.41, 5.74) is 3.54. The first kappa shape index (κ1) is 21.3. The SMILES string of the molecule is CC(=O)N(CC[C@@H](Cc1ccccc1)c1ccc2c(c1)OCO2)Cc1ccc(Cl)cc1. The topological polar surface area (TPSA) is 38.8 Å². The summed E-state index contributed by atoms with van der Waals surface area (Å²) in [4.78, 5) is 14.2. The van der Waals surface area contributed by atoms with E-state index < -0.39 is 0 Å². The van der Waals surface area contributed by atoms with Gasteiger partial charge in [-0.15, -0.1) is 0 Å². The highest BCUT2D eigenvalue weighted by Gasteiger charge is 2.20. The van der Waals surface area contributed by atoms with Gasteiger partial charge in [0.25, 0.3) is 0 Å². The quantitative estimate of drug-likeness (QED) is 0.446. The van der Waals surface area contributed by atoms with Gasteiger partial charge in [0, 0.05) is 25.0 Å². The summed E-state index contributed by atoms with van der Waals surface area (Å²) in [6.07, 6.45) is 1.74. The van der Waals surface area contributed by atoms with Gasteiger partial charge in [0.1, 0.15) is 0 Å². The van der Waals surface area contributed by atoms with E-state index in [2.05, 4.69) is 36.4 Å². The summed E-state index contributed by atoms with van der Waals surface area (Å²) in [5, 5.41) is 0.698. The lowest BCUT2D eigenvalue weighted by Gasteiger charge is -2.25. The van der Waals surface area contributed by atoms with Gasteiger partial charge in [0.15, 0.2) is 11.5 Å². The van der Waals surface area contributed by atoms with E-state index in [4.69, 9.17) is 21.1 Å². The van der Waals surface area contributed by atoms with Crippen molar-refractivity contribution in [3.8, 4) is 11.5 Å². The lowest BCUT2D eigenvalue weighted by Crippen LogP contribution is -2.30. The number of benzene rings is 3. The predicted molar refractivity (Wildman–Crippen MR) is 123 cm³/mol. The van der Waals surface area contributed by atoms with Crippen molar-refractivity contribution in [3.63, 3.8) is 0 Å². The molecule has 1 atom stereocenters. The third-order valence-corrected chi connectivity index (χ3v) is 5.92. The van der Waals surface area contributed by atoms with Gasteiger partial charge in [-0.2, -0.15) is 0 Å². The van der Waals surface area contributed by atoms with Gasteiger partial charge < -0.3 is 14.4 Å². The van der Waals surface area contributed by atoms with Crippen LogP contribution in [0.3, 0.4) is 0 Å². The molecule has 0 aliphatic carbocycles. The van der Waals surface area contributed by atoms with Crippen LogP contribution >= 0.6 is 11.6 Å². The van der Waals surface area contributed by atoms with Crippen molar-refractivity contribution in [2.24, 2.45) is 0 Å². The molecule has 3 aromatic rings. The van der Waals surface area contributed by atoms with E-state index in [-0.39, 0.29) is 18.6 Å². The second kappa shape index (κ2) is 9.88. The van der Waals surface area contributed by atoms with E-state index >= 15 is 0 Å². The molecule has 1 aliphatic heterocycles. The largest absolute Gasteiger partial charge is 0.454 e. The van der Waals surface area contributed by atoms with Crippen LogP contribution < -0.4 is 9.47 Å². The molecular weight excluding hydrogens is 410 g/mol. The first-order valence-corrected chi connectivity index (χ1v) is 10.9. The minimum absolute atomic E-state index is 0.0686. The summed E-state index contributed by atoms with van der Waals surface area (Å²) < 4.78 is 11.1. The summed E-state index contributed by atoms with van der Waals surface area (Å²) in [6, 6.07) is 24.3. The Kier molecular flexibility index (Phi) is 6.78. The van der Waals surface area contributed by atoms with Crippen LogP contribution in [0.15, 0.2) is 72.8 Å². The normalized spacial score (nSPS) is 13.1. The predicted octanol–water partition coefficient (Wildman–Crippen LogP) is 5.83. The summed E-state index contributed by atoms with van der Waals surface area (Å²) >= 11 is 6.00. The average molecular weight is 436 g/mol. The summed E-state index contributed by atoms with van der Waals surface area (Å²) in [5.74, 6) is 1.90. The lowest BCUT2D eigenvalue weighted by molar-refractivity contribution is -0.129. The van der Waals surface area contributed by atoms with E-state index in [9.17, 15) is 4.79 Å². The molecule has 4 rings (SSSR count). The monoisotopic (exact) mass is 435 g/mol. The molecule has 160 valence electrons. The van der Waals surface area contributed by atoms with Crippen LogP contribution in [0, 0.1) is 0 Å². The Morgan fingerprint density at radius 1 is 0.968 bits per heavy atom. The fourth-order valence-electron chi connectivity index (χ4n) is 3.92. The second-order valence-electron chi connectivity index (χ2n) is 7.86. The standard InChI is InChI=1S/C26H26ClNO3/c1-19(29)28(17-21-7-10-24(27)11-8-21)14-13-23(15-20-5-3-2-4-6-20)22-9-12-25-26(16-22)31-18-30-25/h2-12,16,23H,13-15,17-18H2,1H3/t23-/m0/s1. The molecule has 0 saturated heterocycles. The molecule has 0 fully saturated rings. The Balaban J connectivity index is 1.51. The summed E-state index contributed by atoms with van der Waals surface area (Å²) in [6.45, 7) is 3.14. The minimum Gasteiger partial charge on any atom is -0.454 e.